The summed E-state index contributed by atoms with van der Waals surface area (Å²) in [6.07, 6.45) is 5.08. The van der Waals surface area contributed by atoms with Crippen LogP contribution in [0.2, 0.25) is 0 Å². The molecule has 0 bridgehead atoms. The summed E-state index contributed by atoms with van der Waals surface area (Å²) in [6.45, 7) is 2.02. The molecule has 76 valence electrons. The minimum atomic E-state index is -0.333. The third-order valence-electron chi connectivity index (χ3n) is 2.05. The summed E-state index contributed by atoms with van der Waals surface area (Å²) < 4.78 is 0. The molecule has 0 aromatic rings. The van der Waals surface area contributed by atoms with Gasteiger partial charge in [-0.15, -0.1) is 0 Å². The molecule has 0 saturated heterocycles. The molecule has 1 unspecified atom stereocenters. The number of aldehydes is 1. The Morgan fingerprint density at radius 3 is 2.62 bits per heavy atom. The number of hydrogen-bond acceptors (Lipinski definition) is 3. The molecule has 0 aliphatic carbocycles. The number of unbranched alkanes of at least 4 members (excludes halogenated alkanes) is 2. The van der Waals surface area contributed by atoms with Gasteiger partial charge in [-0.2, -0.15) is 0 Å². The van der Waals surface area contributed by atoms with Crippen LogP contribution in [-0.2, 0) is 4.79 Å². The molecule has 0 saturated carbocycles. The first-order chi connectivity index (χ1) is 6.20. The van der Waals surface area contributed by atoms with Crippen molar-refractivity contribution in [3.63, 3.8) is 0 Å². The van der Waals surface area contributed by atoms with E-state index in [4.69, 9.17) is 0 Å². The van der Waals surface area contributed by atoms with Crippen molar-refractivity contribution < 1.29 is 9.72 Å². The van der Waals surface area contributed by atoms with Crippen LogP contribution in [0.25, 0.3) is 0 Å². The number of hydrogen-bond donors (Lipinski definition) is 0. The maximum Gasteiger partial charge on any atom is 0.207 e. The number of nitrogens with zero attached hydrogens (tertiary/aromatic N) is 1. The fourth-order valence-electron chi connectivity index (χ4n) is 1.31. The molecule has 0 aliphatic rings. The molecule has 0 spiro atoms. The van der Waals surface area contributed by atoms with Gasteiger partial charge in [-0.3, -0.25) is 10.1 Å². The Morgan fingerprint density at radius 1 is 1.46 bits per heavy atom. The van der Waals surface area contributed by atoms with E-state index in [0.717, 1.165) is 32.0 Å². The number of nitro groups is 1. The van der Waals surface area contributed by atoms with Gasteiger partial charge in [0.25, 0.3) is 0 Å². The Balaban J connectivity index is 3.65. The van der Waals surface area contributed by atoms with Gasteiger partial charge < -0.3 is 4.79 Å². The van der Waals surface area contributed by atoms with E-state index in [-0.39, 0.29) is 17.4 Å². The highest BCUT2D eigenvalue weighted by Gasteiger charge is 2.13. The second-order valence-corrected chi connectivity index (χ2v) is 3.28. The van der Waals surface area contributed by atoms with Crippen molar-refractivity contribution in [2.75, 3.05) is 6.54 Å². The van der Waals surface area contributed by atoms with E-state index in [2.05, 4.69) is 6.92 Å². The van der Waals surface area contributed by atoms with Crippen LogP contribution in [0.3, 0.4) is 0 Å². The molecule has 0 aliphatic heterocycles. The molecule has 0 heterocycles. The lowest BCUT2D eigenvalue weighted by molar-refractivity contribution is -0.488. The van der Waals surface area contributed by atoms with Crippen LogP contribution >= 0.6 is 0 Å². The molecule has 0 aromatic heterocycles. The topological polar surface area (TPSA) is 60.2 Å². The Morgan fingerprint density at radius 2 is 2.15 bits per heavy atom. The highest BCUT2D eigenvalue weighted by atomic mass is 16.6. The summed E-state index contributed by atoms with van der Waals surface area (Å²) in [4.78, 5) is 20.1. The van der Waals surface area contributed by atoms with E-state index in [1.165, 1.54) is 0 Å². The van der Waals surface area contributed by atoms with Gasteiger partial charge in [0.2, 0.25) is 6.54 Å². The monoisotopic (exact) mass is 187 g/mol. The highest BCUT2D eigenvalue weighted by molar-refractivity contribution is 5.49. The highest BCUT2D eigenvalue weighted by Crippen LogP contribution is 2.12. The van der Waals surface area contributed by atoms with Crippen molar-refractivity contribution in [2.45, 2.75) is 39.0 Å². The van der Waals surface area contributed by atoms with Crippen LogP contribution in [-0.4, -0.2) is 17.8 Å². The van der Waals surface area contributed by atoms with Gasteiger partial charge in [-0.25, -0.2) is 0 Å². The zero-order valence-electron chi connectivity index (χ0n) is 8.07. The molecular formula is C9H17NO3. The predicted octanol–water partition coefficient (Wildman–Crippen LogP) is 2.05. The first-order valence-electron chi connectivity index (χ1n) is 4.76. The van der Waals surface area contributed by atoms with Gasteiger partial charge in [0.1, 0.15) is 6.29 Å². The Bertz CT molecular complexity index is 159. The number of carbonyl (C=O) groups excluding carboxylic acids is 1. The maximum atomic E-state index is 10.2. The average Bonchev–Trinajstić information content (AvgIpc) is 2.04. The summed E-state index contributed by atoms with van der Waals surface area (Å²) in [6, 6.07) is 0. The average molecular weight is 187 g/mol. The fraction of sp³-hybridized carbons (Fsp3) is 0.889. The quantitative estimate of drug-likeness (QED) is 0.253. The zero-order chi connectivity index (χ0) is 10.1. The van der Waals surface area contributed by atoms with Crippen LogP contribution in [0, 0.1) is 16.0 Å². The summed E-state index contributed by atoms with van der Waals surface area (Å²) in [5, 5.41) is 10.2. The first kappa shape index (κ1) is 12.1. The Labute approximate surface area is 78.5 Å². The third kappa shape index (κ3) is 7.43. The molecule has 0 N–H and O–H groups in total. The van der Waals surface area contributed by atoms with Crippen molar-refractivity contribution in [3.8, 4) is 0 Å². The number of rotatable bonds is 8. The van der Waals surface area contributed by atoms with Gasteiger partial charge >= 0.3 is 0 Å². The van der Waals surface area contributed by atoms with E-state index >= 15 is 0 Å². The number of carbonyl (C=O) groups is 1. The van der Waals surface area contributed by atoms with Crippen LogP contribution in [0.4, 0.5) is 0 Å². The van der Waals surface area contributed by atoms with Crippen molar-refractivity contribution in [3.05, 3.63) is 10.1 Å². The second-order valence-electron chi connectivity index (χ2n) is 3.28. The molecule has 0 radical (unpaired) electrons. The van der Waals surface area contributed by atoms with Gasteiger partial charge in [0.05, 0.1) is 0 Å². The largest absolute Gasteiger partial charge is 0.303 e. The minimum Gasteiger partial charge on any atom is -0.303 e. The van der Waals surface area contributed by atoms with Crippen molar-refractivity contribution in [1.82, 2.24) is 0 Å². The summed E-state index contributed by atoms with van der Waals surface area (Å²) >= 11 is 0. The van der Waals surface area contributed by atoms with E-state index in [1.54, 1.807) is 0 Å². The Kier molecular flexibility index (Phi) is 7.15. The summed E-state index contributed by atoms with van der Waals surface area (Å²) in [7, 11) is 0. The third-order valence-corrected chi connectivity index (χ3v) is 2.05. The van der Waals surface area contributed by atoms with Crippen molar-refractivity contribution in [2.24, 2.45) is 5.92 Å². The molecule has 0 rings (SSSR count). The molecule has 1 atom stereocenters. The van der Waals surface area contributed by atoms with Gasteiger partial charge in [0.15, 0.2) is 0 Å². The standard InChI is InChI=1S/C9H17NO3/c1-2-3-4-5-9(6-7-11)8-10(12)13/h7,9H,2-6,8H2,1H3. The van der Waals surface area contributed by atoms with Crippen molar-refractivity contribution in [1.29, 1.82) is 0 Å². The second kappa shape index (κ2) is 7.71. The van der Waals surface area contributed by atoms with Crippen LogP contribution in [0.5, 0.6) is 0 Å². The lowest BCUT2D eigenvalue weighted by Gasteiger charge is -2.07. The smallest absolute Gasteiger partial charge is 0.207 e. The molecule has 0 amide bonds. The molecule has 13 heavy (non-hydrogen) atoms. The SMILES string of the molecule is CCCCCC(CC=O)C[N+](=O)[O-]. The zero-order valence-corrected chi connectivity index (χ0v) is 8.07. The lowest BCUT2D eigenvalue weighted by Crippen LogP contribution is -2.14. The van der Waals surface area contributed by atoms with Crippen LogP contribution in [0.1, 0.15) is 39.0 Å². The van der Waals surface area contributed by atoms with Crippen molar-refractivity contribution >= 4 is 6.29 Å². The minimum absolute atomic E-state index is 0.0564. The van der Waals surface area contributed by atoms with E-state index in [9.17, 15) is 14.9 Å². The van der Waals surface area contributed by atoms with Crippen LogP contribution in [0.15, 0.2) is 0 Å². The fourth-order valence-corrected chi connectivity index (χ4v) is 1.31. The molecule has 0 fully saturated rings. The molecule has 0 aromatic carbocycles. The summed E-state index contributed by atoms with van der Waals surface area (Å²) in [5.74, 6) is -0.0564. The van der Waals surface area contributed by atoms with E-state index < -0.39 is 0 Å². The Hall–Kier alpha value is -0.930. The summed E-state index contributed by atoms with van der Waals surface area (Å²) in [5.41, 5.74) is 0. The maximum absolute atomic E-state index is 10.2. The lowest BCUT2D eigenvalue weighted by atomic mass is 9.99. The van der Waals surface area contributed by atoms with E-state index in [1.807, 2.05) is 0 Å². The predicted molar refractivity (Wildman–Crippen MR) is 50.2 cm³/mol. The van der Waals surface area contributed by atoms with Gasteiger partial charge in [-0.05, 0) is 6.42 Å². The van der Waals surface area contributed by atoms with Gasteiger partial charge in [0, 0.05) is 17.3 Å². The van der Waals surface area contributed by atoms with Gasteiger partial charge in [-0.1, -0.05) is 26.2 Å². The van der Waals surface area contributed by atoms with E-state index in [0.29, 0.717) is 6.42 Å². The normalized spacial score (nSPS) is 12.4. The molecule has 4 nitrogen and oxygen atoms in total. The van der Waals surface area contributed by atoms with Crippen LogP contribution < -0.4 is 0 Å². The molecule has 4 heteroatoms. The first-order valence-corrected chi connectivity index (χ1v) is 4.76. The molecular weight excluding hydrogens is 170 g/mol.